The van der Waals surface area contributed by atoms with Gasteiger partial charge < -0.3 is 9.47 Å². The topological polar surface area (TPSA) is 25.2 Å². The Kier molecular flexibility index (Phi) is 3.25. The molecule has 0 saturated carbocycles. The van der Waals surface area contributed by atoms with Crippen LogP contribution in [0.2, 0.25) is 0 Å². The monoisotopic (exact) mass is 272 g/mol. The summed E-state index contributed by atoms with van der Waals surface area (Å²) in [6, 6.07) is 8.28. The van der Waals surface area contributed by atoms with E-state index in [1.54, 1.807) is 17.4 Å². The molecule has 1 atom stereocenters. The zero-order chi connectivity index (χ0) is 13.2. The van der Waals surface area contributed by atoms with Crippen LogP contribution in [0.15, 0.2) is 41.9 Å². The fourth-order valence-corrected chi connectivity index (χ4v) is 3.13. The minimum absolute atomic E-state index is 0.0911. The van der Waals surface area contributed by atoms with Crippen LogP contribution < -0.4 is 0 Å². The molecule has 0 unspecified atom stereocenters. The van der Waals surface area contributed by atoms with Crippen molar-refractivity contribution in [3.05, 3.63) is 52.5 Å². The molecule has 0 N–H and O–H groups in total. The number of fused-ring (bicyclic) bond motifs is 1. The van der Waals surface area contributed by atoms with Crippen molar-refractivity contribution in [2.75, 3.05) is 6.54 Å². The van der Waals surface area contributed by atoms with E-state index < -0.39 is 0 Å². The largest absolute Gasteiger partial charge is 0.348 e. The highest BCUT2D eigenvalue weighted by Crippen LogP contribution is 2.25. The zero-order valence-corrected chi connectivity index (χ0v) is 11.6. The molecule has 0 bridgehead atoms. The third-order valence-corrected chi connectivity index (χ3v) is 4.40. The molecular formula is C15H16N2OS. The van der Waals surface area contributed by atoms with E-state index in [1.807, 2.05) is 34.6 Å². The summed E-state index contributed by atoms with van der Waals surface area (Å²) < 4.78 is 2.22. The summed E-state index contributed by atoms with van der Waals surface area (Å²) in [5, 5.41) is 2.01. The number of carbonyl (C=O) groups is 1. The van der Waals surface area contributed by atoms with Crippen LogP contribution in [0.4, 0.5) is 0 Å². The molecule has 0 fully saturated rings. The van der Waals surface area contributed by atoms with Crippen LogP contribution in [0.1, 0.15) is 23.5 Å². The minimum Gasteiger partial charge on any atom is -0.348 e. The minimum atomic E-state index is 0.0911. The summed E-state index contributed by atoms with van der Waals surface area (Å²) in [6.45, 7) is 3.74. The van der Waals surface area contributed by atoms with Crippen LogP contribution in [0, 0.1) is 0 Å². The van der Waals surface area contributed by atoms with Crippen LogP contribution in [-0.2, 0) is 11.3 Å². The first-order valence-corrected chi connectivity index (χ1v) is 7.31. The lowest BCUT2D eigenvalue weighted by Gasteiger charge is -2.34. The third kappa shape index (κ3) is 2.36. The molecule has 4 heteroatoms. The molecule has 3 rings (SSSR count). The van der Waals surface area contributed by atoms with Gasteiger partial charge in [0.15, 0.2) is 0 Å². The van der Waals surface area contributed by atoms with Gasteiger partial charge >= 0.3 is 0 Å². The van der Waals surface area contributed by atoms with Crippen LogP contribution in [0.3, 0.4) is 0 Å². The maximum atomic E-state index is 12.3. The van der Waals surface area contributed by atoms with Crippen molar-refractivity contribution in [2.45, 2.75) is 19.5 Å². The van der Waals surface area contributed by atoms with Gasteiger partial charge in [0.1, 0.15) is 0 Å². The highest BCUT2D eigenvalue weighted by atomic mass is 32.1. The van der Waals surface area contributed by atoms with Gasteiger partial charge in [-0.15, -0.1) is 11.3 Å². The van der Waals surface area contributed by atoms with E-state index in [-0.39, 0.29) is 11.9 Å². The summed E-state index contributed by atoms with van der Waals surface area (Å²) in [6.07, 6.45) is 5.66. The molecule has 0 saturated heterocycles. The van der Waals surface area contributed by atoms with Crippen molar-refractivity contribution in [3.8, 4) is 0 Å². The molecule has 2 aromatic rings. The summed E-state index contributed by atoms with van der Waals surface area (Å²) in [7, 11) is 0. The number of carbonyl (C=O) groups excluding carboxylic acids is 1. The molecule has 0 spiro atoms. The average Bonchev–Trinajstić information content (AvgIpc) is 3.07. The second kappa shape index (κ2) is 5.05. The van der Waals surface area contributed by atoms with Crippen molar-refractivity contribution in [3.63, 3.8) is 0 Å². The van der Waals surface area contributed by atoms with Gasteiger partial charge in [-0.1, -0.05) is 6.07 Å². The van der Waals surface area contributed by atoms with Crippen LogP contribution in [0.25, 0.3) is 6.08 Å². The Morgan fingerprint density at radius 3 is 3.05 bits per heavy atom. The van der Waals surface area contributed by atoms with Crippen molar-refractivity contribution >= 4 is 23.3 Å². The quantitative estimate of drug-likeness (QED) is 0.771. The number of rotatable bonds is 2. The lowest BCUT2D eigenvalue weighted by atomic mass is 10.1. The van der Waals surface area contributed by atoms with Gasteiger partial charge in [0.05, 0.1) is 6.04 Å². The molecule has 1 aliphatic rings. The highest BCUT2D eigenvalue weighted by molar-refractivity contribution is 7.10. The molecule has 2 aromatic heterocycles. The fraction of sp³-hybridized carbons (Fsp3) is 0.267. The first-order chi connectivity index (χ1) is 9.25. The number of aromatic nitrogens is 1. The highest BCUT2D eigenvalue weighted by Gasteiger charge is 2.25. The van der Waals surface area contributed by atoms with Gasteiger partial charge in [-0.2, -0.15) is 0 Å². The molecule has 3 nitrogen and oxygen atoms in total. The van der Waals surface area contributed by atoms with Gasteiger partial charge in [-0.25, -0.2) is 0 Å². The lowest BCUT2D eigenvalue weighted by molar-refractivity contribution is -0.129. The van der Waals surface area contributed by atoms with Crippen molar-refractivity contribution in [1.29, 1.82) is 0 Å². The first kappa shape index (κ1) is 12.2. The third-order valence-electron chi connectivity index (χ3n) is 3.56. The Morgan fingerprint density at radius 2 is 2.26 bits per heavy atom. The summed E-state index contributed by atoms with van der Waals surface area (Å²) in [5.74, 6) is 0.0911. The van der Waals surface area contributed by atoms with E-state index in [2.05, 4.69) is 23.8 Å². The Balaban J connectivity index is 1.75. The maximum Gasteiger partial charge on any atom is 0.247 e. The standard InChI is InChI=1S/C15H16N2OS/c1-12-14-5-2-8-16(14)9-10-17(12)15(18)7-6-13-4-3-11-19-13/h2-8,11-12H,9-10H2,1H3/b7-6-/t12-/m1/s1. The number of hydrogen-bond donors (Lipinski definition) is 0. The van der Waals surface area contributed by atoms with Gasteiger partial charge in [0, 0.05) is 35.9 Å². The number of nitrogens with zero attached hydrogens (tertiary/aromatic N) is 2. The van der Waals surface area contributed by atoms with Crippen LogP contribution in [-0.4, -0.2) is 21.9 Å². The number of thiophene rings is 1. The second-order valence-corrected chi connectivity index (χ2v) is 5.66. The Hall–Kier alpha value is -1.81. The first-order valence-electron chi connectivity index (χ1n) is 6.43. The average molecular weight is 272 g/mol. The molecule has 1 aliphatic heterocycles. The predicted molar refractivity (Wildman–Crippen MR) is 77.9 cm³/mol. The normalized spacial score (nSPS) is 18.8. The van der Waals surface area contributed by atoms with E-state index in [4.69, 9.17) is 0 Å². The van der Waals surface area contributed by atoms with Crippen LogP contribution in [0.5, 0.6) is 0 Å². The molecule has 3 heterocycles. The van der Waals surface area contributed by atoms with Crippen molar-refractivity contribution < 1.29 is 4.79 Å². The van der Waals surface area contributed by atoms with E-state index in [9.17, 15) is 4.79 Å². The fourth-order valence-electron chi connectivity index (χ4n) is 2.52. The molecule has 19 heavy (non-hydrogen) atoms. The maximum absolute atomic E-state index is 12.3. The predicted octanol–water partition coefficient (Wildman–Crippen LogP) is 3.17. The van der Waals surface area contributed by atoms with E-state index >= 15 is 0 Å². The molecule has 0 aromatic carbocycles. The van der Waals surface area contributed by atoms with E-state index in [0.717, 1.165) is 18.0 Å². The summed E-state index contributed by atoms with van der Waals surface area (Å²) in [5.41, 5.74) is 1.21. The van der Waals surface area contributed by atoms with E-state index in [1.165, 1.54) is 5.69 Å². The van der Waals surface area contributed by atoms with Gasteiger partial charge in [-0.3, -0.25) is 4.79 Å². The Bertz CT molecular complexity index is 597. The van der Waals surface area contributed by atoms with Crippen molar-refractivity contribution in [2.24, 2.45) is 0 Å². The molecule has 1 amide bonds. The lowest BCUT2D eigenvalue weighted by Crippen LogP contribution is -2.39. The second-order valence-electron chi connectivity index (χ2n) is 4.68. The molecule has 0 radical (unpaired) electrons. The number of amides is 1. The summed E-state index contributed by atoms with van der Waals surface area (Å²) >= 11 is 1.64. The smallest absolute Gasteiger partial charge is 0.247 e. The number of hydrogen-bond acceptors (Lipinski definition) is 2. The summed E-state index contributed by atoms with van der Waals surface area (Å²) in [4.78, 5) is 15.3. The molecule has 0 aliphatic carbocycles. The van der Waals surface area contributed by atoms with E-state index in [0.29, 0.717) is 0 Å². The zero-order valence-electron chi connectivity index (χ0n) is 10.8. The van der Waals surface area contributed by atoms with Crippen LogP contribution >= 0.6 is 11.3 Å². The SMILES string of the molecule is C[C@@H]1c2cccn2CCN1C(=O)/C=C\c1cccs1. The van der Waals surface area contributed by atoms with Gasteiger partial charge in [0.2, 0.25) is 5.91 Å². The Morgan fingerprint density at radius 1 is 1.37 bits per heavy atom. The van der Waals surface area contributed by atoms with Crippen molar-refractivity contribution in [1.82, 2.24) is 9.47 Å². The van der Waals surface area contributed by atoms with Gasteiger partial charge in [-0.05, 0) is 36.6 Å². The Labute approximate surface area is 116 Å². The van der Waals surface area contributed by atoms with Gasteiger partial charge in [0.25, 0.3) is 0 Å². The molecular weight excluding hydrogens is 256 g/mol. The molecule has 98 valence electrons.